The summed E-state index contributed by atoms with van der Waals surface area (Å²) < 4.78 is 0. The smallest absolute Gasteiger partial charge is 0.0882 e. The minimum atomic E-state index is -0.211. The molecule has 10 heavy (non-hydrogen) atoms. The predicted octanol–water partition coefficient (Wildman–Crippen LogP) is -0.346. The molecule has 54 valence electrons. The molecule has 0 aromatic carbocycles. The van der Waals surface area contributed by atoms with Gasteiger partial charge in [-0.3, -0.25) is 0 Å². The van der Waals surface area contributed by atoms with Crippen molar-refractivity contribution in [1.29, 1.82) is 0 Å². The number of aromatic nitrogens is 3. The van der Waals surface area contributed by atoms with Gasteiger partial charge in [-0.05, 0) is 12.8 Å². The Morgan fingerprint density at radius 2 is 2.20 bits per heavy atom. The maximum absolute atomic E-state index is 9.19. The third-order valence-electron chi connectivity index (χ3n) is 1.85. The fourth-order valence-corrected chi connectivity index (χ4v) is 1.27. The number of aliphatic hydroxyl groups excluding tert-OH is 1. The van der Waals surface area contributed by atoms with Gasteiger partial charge in [0.15, 0.2) is 0 Å². The second kappa shape index (κ2) is 2.05. The lowest BCUT2D eigenvalue weighted by Gasteiger charge is -2.13. The van der Waals surface area contributed by atoms with Crippen molar-refractivity contribution in [1.82, 2.24) is 15.4 Å². The maximum atomic E-state index is 9.19. The summed E-state index contributed by atoms with van der Waals surface area (Å²) in [6.45, 7) is 0. The molecule has 4 nitrogen and oxygen atoms in total. The Labute approximate surface area is 58.3 Å². The number of nitrogens with zero attached hydrogens (tertiary/aromatic N) is 2. The van der Waals surface area contributed by atoms with Crippen molar-refractivity contribution in [3.05, 3.63) is 11.4 Å². The van der Waals surface area contributed by atoms with Crippen LogP contribution >= 0.6 is 0 Å². The molecule has 0 amide bonds. The number of fused-ring (bicyclic) bond motifs is 1. The van der Waals surface area contributed by atoms with E-state index >= 15 is 0 Å². The molecule has 1 aliphatic rings. The van der Waals surface area contributed by atoms with Crippen LogP contribution in [0.25, 0.3) is 0 Å². The number of nitrogens with one attached hydrogen (secondary N) is 1. The summed E-state index contributed by atoms with van der Waals surface area (Å²) in [7, 11) is 0. The maximum Gasteiger partial charge on any atom is 0.0882 e. The van der Waals surface area contributed by atoms with Gasteiger partial charge in [0.2, 0.25) is 0 Å². The predicted molar refractivity (Wildman–Crippen MR) is 34.4 cm³/mol. The fourth-order valence-electron chi connectivity index (χ4n) is 1.27. The van der Waals surface area contributed by atoms with Gasteiger partial charge in [-0.15, -0.1) is 0 Å². The molecule has 1 heterocycles. The minimum absolute atomic E-state index is 0.211. The van der Waals surface area contributed by atoms with Crippen LogP contribution in [0.2, 0.25) is 0 Å². The summed E-state index contributed by atoms with van der Waals surface area (Å²) >= 11 is 0. The lowest BCUT2D eigenvalue weighted by atomic mass is 9.99. The summed E-state index contributed by atoms with van der Waals surface area (Å²) in [6, 6.07) is 0. The first-order chi connectivity index (χ1) is 4.86. The first-order valence-corrected chi connectivity index (χ1v) is 3.43. The largest absolute Gasteiger partial charge is 0.393 e. The Bertz CT molecular complexity index is 233. The van der Waals surface area contributed by atoms with Crippen molar-refractivity contribution in [3.63, 3.8) is 0 Å². The van der Waals surface area contributed by atoms with Gasteiger partial charge in [-0.1, -0.05) is 0 Å². The lowest BCUT2D eigenvalue weighted by Crippen LogP contribution is -2.18. The molecule has 1 unspecified atom stereocenters. The average Bonchev–Trinajstić information content (AvgIpc) is 2.33. The van der Waals surface area contributed by atoms with Gasteiger partial charge in [-0.25, -0.2) is 0 Å². The van der Waals surface area contributed by atoms with E-state index in [1.54, 1.807) is 0 Å². The van der Waals surface area contributed by atoms with Gasteiger partial charge in [0.1, 0.15) is 0 Å². The Kier molecular flexibility index (Phi) is 1.20. The average molecular weight is 139 g/mol. The van der Waals surface area contributed by atoms with Crippen LogP contribution in [0.15, 0.2) is 0 Å². The second-order valence-corrected chi connectivity index (χ2v) is 2.61. The molecule has 4 heteroatoms. The third-order valence-corrected chi connectivity index (χ3v) is 1.85. The van der Waals surface area contributed by atoms with E-state index in [0.717, 1.165) is 24.2 Å². The zero-order valence-electron chi connectivity index (χ0n) is 5.54. The molecule has 0 spiro atoms. The van der Waals surface area contributed by atoms with Crippen molar-refractivity contribution < 1.29 is 5.11 Å². The van der Waals surface area contributed by atoms with Crippen molar-refractivity contribution >= 4 is 0 Å². The fraction of sp³-hybridized carbons (Fsp3) is 0.667. The van der Waals surface area contributed by atoms with Crippen LogP contribution in [0.3, 0.4) is 0 Å². The monoisotopic (exact) mass is 139 g/mol. The molecule has 0 fully saturated rings. The third kappa shape index (κ3) is 0.806. The van der Waals surface area contributed by atoms with Crippen LogP contribution in [0.4, 0.5) is 0 Å². The van der Waals surface area contributed by atoms with Gasteiger partial charge >= 0.3 is 0 Å². The Hall–Kier alpha value is -0.900. The van der Waals surface area contributed by atoms with Crippen molar-refractivity contribution in [2.24, 2.45) is 0 Å². The van der Waals surface area contributed by atoms with Gasteiger partial charge in [-0.2, -0.15) is 15.4 Å². The van der Waals surface area contributed by atoms with E-state index in [1.165, 1.54) is 0 Å². The highest BCUT2D eigenvalue weighted by atomic mass is 16.3. The van der Waals surface area contributed by atoms with Gasteiger partial charge in [0.25, 0.3) is 0 Å². The highest BCUT2D eigenvalue weighted by Gasteiger charge is 2.18. The van der Waals surface area contributed by atoms with E-state index in [2.05, 4.69) is 15.4 Å². The molecular formula is C6H9N3O. The number of aromatic amines is 1. The minimum Gasteiger partial charge on any atom is -0.393 e. The van der Waals surface area contributed by atoms with E-state index < -0.39 is 0 Å². The van der Waals surface area contributed by atoms with E-state index in [9.17, 15) is 5.11 Å². The molecule has 1 aromatic rings. The zero-order chi connectivity index (χ0) is 6.97. The molecule has 0 aliphatic heterocycles. The second-order valence-electron chi connectivity index (χ2n) is 2.61. The van der Waals surface area contributed by atoms with Crippen LogP contribution in [-0.4, -0.2) is 26.6 Å². The van der Waals surface area contributed by atoms with Crippen molar-refractivity contribution in [3.8, 4) is 0 Å². The van der Waals surface area contributed by atoms with Crippen LogP contribution in [0.1, 0.15) is 17.8 Å². The number of hydrogen-bond donors (Lipinski definition) is 2. The molecule has 0 bridgehead atoms. The van der Waals surface area contributed by atoms with Crippen LogP contribution < -0.4 is 0 Å². The SMILES string of the molecule is OC1CCc2n[nH]nc2C1. The number of hydrogen-bond acceptors (Lipinski definition) is 3. The van der Waals surface area contributed by atoms with E-state index in [4.69, 9.17) is 0 Å². The summed E-state index contributed by atoms with van der Waals surface area (Å²) in [5.41, 5.74) is 1.95. The van der Waals surface area contributed by atoms with E-state index in [1.807, 2.05) is 0 Å². The summed E-state index contributed by atoms with van der Waals surface area (Å²) in [5, 5.41) is 19.6. The van der Waals surface area contributed by atoms with Gasteiger partial charge in [0, 0.05) is 6.42 Å². The van der Waals surface area contributed by atoms with E-state index in [-0.39, 0.29) is 6.10 Å². The van der Waals surface area contributed by atoms with Crippen molar-refractivity contribution in [2.75, 3.05) is 0 Å². The molecule has 1 aliphatic carbocycles. The van der Waals surface area contributed by atoms with Gasteiger partial charge < -0.3 is 5.11 Å². The van der Waals surface area contributed by atoms with Crippen LogP contribution in [0, 0.1) is 0 Å². The number of H-pyrrole nitrogens is 1. The Morgan fingerprint density at radius 3 is 3.10 bits per heavy atom. The normalized spacial score (nSPS) is 24.3. The molecule has 0 radical (unpaired) electrons. The molecule has 1 atom stereocenters. The molecule has 2 rings (SSSR count). The first kappa shape index (κ1) is 5.85. The zero-order valence-corrected chi connectivity index (χ0v) is 5.54. The number of aliphatic hydroxyl groups is 1. The summed E-state index contributed by atoms with van der Waals surface area (Å²) in [4.78, 5) is 0. The highest BCUT2D eigenvalue weighted by molar-refractivity contribution is 5.13. The van der Waals surface area contributed by atoms with Crippen LogP contribution in [-0.2, 0) is 12.8 Å². The molecular weight excluding hydrogens is 130 g/mol. The number of rotatable bonds is 0. The quantitative estimate of drug-likeness (QED) is 0.516. The molecule has 0 saturated carbocycles. The summed E-state index contributed by atoms with van der Waals surface area (Å²) in [5.74, 6) is 0. The topological polar surface area (TPSA) is 61.8 Å². The van der Waals surface area contributed by atoms with Crippen LogP contribution in [0.5, 0.6) is 0 Å². The van der Waals surface area contributed by atoms with E-state index in [0.29, 0.717) is 6.42 Å². The Balaban J connectivity index is 2.30. The number of aryl methyl sites for hydroxylation is 1. The highest BCUT2D eigenvalue weighted by Crippen LogP contribution is 2.15. The standard InChI is InChI=1S/C6H9N3O/c10-4-1-2-5-6(3-4)8-9-7-5/h4,10H,1-3H2,(H,7,8,9). The van der Waals surface area contributed by atoms with Gasteiger partial charge in [0.05, 0.1) is 17.5 Å². The lowest BCUT2D eigenvalue weighted by molar-refractivity contribution is 0.157. The van der Waals surface area contributed by atoms with Crippen molar-refractivity contribution in [2.45, 2.75) is 25.4 Å². The Morgan fingerprint density at radius 1 is 1.40 bits per heavy atom. The summed E-state index contributed by atoms with van der Waals surface area (Å²) in [6.07, 6.45) is 2.12. The first-order valence-electron chi connectivity index (χ1n) is 3.43. The molecule has 0 saturated heterocycles. The molecule has 2 N–H and O–H groups in total. The molecule has 1 aromatic heterocycles.